The van der Waals surface area contributed by atoms with Crippen LogP contribution in [0.5, 0.6) is 0 Å². The van der Waals surface area contributed by atoms with Gasteiger partial charge in [0.2, 0.25) is 0 Å². The second-order valence-electron chi connectivity index (χ2n) is 5.05. The zero-order valence-corrected chi connectivity index (χ0v) is 12.1. The molecule has 2 rings (SSSR count). The van der Waals surface area contributed by atoms with Crippen molar-refractivity contribution in [1.82, 2.24) is 9.88 Å². The molecule has 0 fully saturated rings. The van der Waals surface area contributed by atoms with Crippen molar-refractivity contribution >= 4 is 0 Å². The average Bonchev–Trinajstić information content (AvgIpc) is 2.93. The first-order chi connectivity index (χ1) is 9.74. The number of nitriles is 1. The van der Waals surface area contributed by atoms with Crippen molar-refractivity contribution in [2.75, 3.05) is 6.54 Å². The average molecular weight is 267 g/mol. The van der Waals surface area contributed by atoms with Gasteiger partial charge in [-0.05, 0) is 49.7 Å². The van der Waals surface area contributed by atoms with Crippen LogP contribution in [0.25, 0.3) is 0 Å². The topological polar surface area (TPSA) is 40.8 Å². The minimum absolute atomic E-state index is 0.337. The Bertz CT molecular complexity index is 592. The lowest BCUT2D eigenvalue weighted by Gasteiger charge is -2.17. The molecule has 0 radical (unpaired) electrons. The maximum Gasteiger partial charge on any atom is 0.0991 e. The molecule has 0 bridgehead atoms. The number of hydrogen-bond acceptors (Lipinski definition) is 2. The van der Waals surface area contributed by atoms with Crippen LogP contribution in [0.2, 0.25) is 0 Å². The molecular formula is C17H21N3. The fourth-order valence-electron chi connectivity index (χ4n) is 2.37. The van der Waals surface area contributed by atoms with Gasteiger partial charge in [-0.2, -0.15) is 5.26 Å². The number of aromatic nitrogens is 1. The van der Waals surface area contributed by atoms with Gasteiger partial charge in [0.15, 0.2) is 0 Å². The molecular weight excluding hydrogens is 246 g/mol. The summed E-state index contributed by atoms with van der Waals surface area (Å²) in [6, 6.07) is 14.6. The highest BCUT2D eigenvalue weighted by molar-refractivity contribution is 5.33. The van der Waals surface area contributed by atoms with Crippen LogP contribution in [0.1, 0.15) is 43.1 Å². The Morgan fingerprint density at radius 3 is 2.90 bits per heavy atom. The van der Waals surface area contributed by atoms with E-state index in [2.05, 4.69) is 54.2 Å². The van der Waals surface area contributed by atoms with E-state index in [0.29, 0.717) is 11.6 Å². The van der Waals surface area contributed by atoms with Crippen LogP contribution in [-0.4, -0.2) is 11.1 Å². The van der Waals surface area contributed by atoms with E-state index in [-0.39, 0.29) is 0 Å². The predicted octanol–water partition coefficient (Wildman–Crippen LogP) is 3.47. The Morgan fingerprint density at radius 1 is 1.30 bits per heavy atom. The van der Waals surface area contributed by atoms with Crippen molar-refractivity contribution in [3.8, 4) is 6.07 Å². The maximum absolute atomic E-state index is 8.96. The minimum Gasteiger partial charge on any atom is -0.346 e. The largest absolute Gasteiger partial charge is 0.346 e. The van der Waals surface area contributed by atoms with Crippen molar-refractivity contribution < 1.29 is 0 Å². The lowest BCUT2D eigenvalue weighted by atomic mass is 10.1. The summed E-state index contributed by atoms with van der Waals surface area (Å²) in [4.78, 5) is 0. The van der Waals surface area contributed by atoms with E-state index in [9.17, 15) is 0 Å². The van der Waals surface area contributed by atoms with Gasteiger partial charge in [-0.25, -0.2) is 0 Å². The fourth-order valence-corrected chi connectivity index (χ4v) is 2.37. The molecule has 1 atom stereocenters. The van der Waals surface area contributed by atoms with Crippen LogP contribution in [-0.2, 0) is 6.54 Å². The van der Waals surface area contributed by atoms with Gasteiger partial charge >= 0.3 is 0 Å². The quantitative estimate of drug-likeness (QED) is 0.870. The number of nitrogens with zero attached hydrogens (tertiary/aromatic N) is 2. The van der Waals surface area contributed by atoms with E-state index in [1.165, 1.54) is 5.69 Å². The highest BCUT2D eigenvalue weighted by Gasteiger charge is 2.09. The van der Waals surface area contributed by atoms with E-state index in [1.54, 1.807) is 0 Å². The summed E-state index contributed by atoms with van der Waals surface area (Å²) >= 11 is 0. The maximum atomic E-state index is 8.96. The molecule has 1 N–H and O–H groups in total. The highest BCUT2D eigenvalue weighted by Crippen LogP contribution is 2.16. The molecule has 0 saturated heterocycles. The third kappa shape index (κ3) is 3.49. The predicted molar refractivity (Wildman–Crippen MR) is 81.4 cm³/mol. The molecule has 0 aliphatic rings. The Balaban J connectivity index is 2.14. The smallest absolute Gasteiger partial charge is 0.0991 e. The van der Waals surface area contributed by atoms with E-state index in [1.807, 2.05) is 18.2 Å². The molecule has 0 amide bonds. The summed E-state index contributed by atoms with van der Waals surface area (Å²) in [6.45, 7) is 6.19. The SMILES string of the molecule is CCCNC(C)c1cccn1Cc1cccc(C#N)c1. The zero-order chi connectivity index (χ0) is 14.4. The van der Waals surface area contributed by atoms with Crippen molar-refractivity contribution in [3.63, 3.8) is 0 Å². The monoisotopic (exact) mass is 267 g/mol. The normalized spacial score (nSPS) is 12.1. The summed E-state index contributed by atoms with van der Waals surface area (Å²) in [5, 5.41) is 12.5. The van der Waals surface area contributed by atoms with Crippen LogP contribution in [0.3, 0.4) is 0 Å². The van der Waals surface area contributed by atoms with Crippen molar-refractivity contribution in [1.29, 1.82) is 5.26 Å². The standard InChI is InChI=1S/C17H21N3/c1-3-9-19-14(2)17-8-5-10-20(17)13-16-7-4-6-15(11-16)12-18/h4-8,10-11,14,19H,3,9,13H2,1-2H3. The van der Waals surface area contributed by atoms with E-state index >= 15 is 0 Å². The number of rotatable bonds is 6. The van der Waals surface area contributed by atoms with Crippen molar-refractivity contribution in [2.45, 2.75) is 32.9 Å². The lowest BCUT2D eigenvalue weighted by molar-refractivity contribution is 0.534. The second kappa shape index (κ2) is 6.93. The van der Waals surface area contributed by atoms with Gasteiger partial charge in [-0.15, -0.1) is 0 Å². The van der Waals surface area contributed by atoms with E-state index in [0.717, 1.165) is 25.1 Å². The summed E-state index contributed by atoms with van der Waals surface area (Å²) in [7, 11) is 0. The van der Waals surface area contributed by atoms with Crippen molar-refractivity contribution in [2.24, 2.45) is 0 Å². The first-order valence-electron chi connectivity index (χ1n) is 7.12. The lowest BCUT2D eigenvalue weighted by Crippen LogP contribution is -2.22. The number of benzene rings is 1. The fraction of sp³-hybridized carbons (Fsp3) is 0.353. The molecule has 3 nitrogen and oxygen atoms in total. The molecule has 3 heteroatoms. The first kappa shape index (κ1) is 14.4. The van der Waals surface area contributed by atoms with Gasteiger partial charge in [0.05, 0.1) is 11.6 Å². The Hall–Kier alpha value is -2.05. The third-order valence-electron chi connectivity index (χ3n) is 3.42. The molecule has 20 heavy (non-hydrogen) atoms. The molecule has 0 saturated carbocycles. The Labute approximate surface area is 120 Å². The van der Waals surface area contributed by atoms with Gasteiger partial charge in [-0.1, -0.05) is 19.1 Å². The highest BCUT2D eigenvalue weighted by atomic mass is 15.0. The number of hydrogen-bond donors (Lipinski definition) is 1. The summed E-state index contributed by atoms with van der Waals surface area (Å²) in [5.41, 5.74) is 3.15. The van der Waals surface area contributed by atoms with Crippen LogP contribution in [0.15, 0.2) is 42.6 Å². The summed E-state index contributed by atoms with van der Waals surface area (Å²) in [6.07, 6.45) is 3.23. The molecule has 0 spiro atoms. The molecule has 0 aliphatic carbocycles. The van der Waals surface area contributed by atoms with Gasteiger partial charge < -0.3 is 9.88 Å². The van der Waals surface area contributed by atoms with E-state index in [4.69, 9.17) is 5.26 Å². The second-order valence-corrected chi connectivity index (χ2v) is 5.05. The van der Waals surface area contributed by atoms with Gasteiger partial charge in [-0.3, -0.25) is 0 Å². The van der Waals surface area contributed by atoms with Gasteiger partial charge in [0.1, 0.15) is 0 Å². The molecule has 2 aromatic rings. The zero-order valence-electron chi connectivity index (χ0n) is 12.1. The Kier molecular flexibility index (Phi) is 4.97. The number of nitrogens with one attached hydrogen (secondary N) is 1. The van der Waals surface area contributed by atoms with Crippen LogP contribution in [0.4, 0.5) is 0 Å². The van der Waals surface area contributed by atoms with E-state index < -0.39 is 0 Å². The van der Waals surface area contributed by atoms with Gasteiger partial charge in [0.25, 0.3) is 0 Å². The summed E-state index contributed by atoms with van der Waals surface area (Å²) < 4.78 is 2.24. The summed E-state index contributed by atoms with van der Waals surface area (Å²) in [5.74, 6) is 0. The molecule has 0 aliphatic heterocycles. The molecule has 104 valence electrons. The van der Waals surface area contributed by atoms with Crippen LogP contribution < -0.4 is 5.32 Å². The molecule has 1 aromatic heterocycles. The Morgan fingerprint density at radius 2 is 2.15 bits per heavy atom. The first-order valence-corrected chi connectivity index (χ1v) is 7.12. The van der Waals surface area contributed by atoms with Crippen LogP contribution in [0, 0.1) is 11.3 Å². The molecule has 1 heterocycles. The molecule has 1 unspecified atom stereocenters. The van der Waals surface area contributed by atoms with Crippen LogP contribution >= 0.6 is 0 Å². The third-order valence-corrected chi connectivity index (χ3v) is 3.42. The van der Waals surface area contributed by atoms with Gasteiger partial charge in [0, 0.05) is 24.5 Å². The van der Waals surface area contributed by atoms with Crippen molar-refractivity contribution in [3.05, 3.63) is 59.4 Å². The minimum atomic E-state index is 0.337. The molecule has 1 aromatic carbocycles.